The molecule has 0 aliphatic carbocycles. The van der Waals surface area contributed by atoms with E-state index in [1.807, 2.05) is 24.3 Å². The highest BCUT2D eigenvalue weighted by Crippen LogP contribution is 2.22. The second kappa shape index (κ2) is 4.36. The van der Waals surface area contributed by atoms with Crippen molar-refractivity contribution >= 4 is 28.0 Å². The number of aliphatic hydroxyl groups excluding tert-OH is 1. The van der Waals surface area contributed by atoms with Gasteiger partial charge in [0.05, 0.1) is 17.9 Å². The Kier molecular flexibility index (Phi) is 2.70. The topological polar surface area (TPSA) is 66.0 Å². The van der Waals surface area contributed by atoms with E-state index < -0.39 is 0 Å². The van der Waals surface area contributed by atoms with E-state index in [0.29, 0.717) is 16.3 Å². The largest absolute Gasteiger partial charge is 0.390 e. The van der Waals surface area contributed by atoms with E-state index >= 15 is 0 Å². The number of aromatic nitrogens is 2. The highest BCUT2D eigenvalue weighted by atomic mass is 32.1. The summed E-state index contributed by atoms with van der Waals surface area (Å²) in [4.78, 5) is 19.5. The summed E-state index contributed by atoms with van der Waals surface area (Å²) in [5.74, 6) is -0.114. The number of nitrogens with one attached hydrogen (secondary N) is 1. The van der Waals surface area contributed by atoms with E-state index in [4.69, 9.17) is 5.11 Å². The Hall–Kier alpha value is -1.98. The molecule has 0 spiro atoms. The Morgan fingerprint density at radius 2 is 2.22 bits per heavy atom. The Morgan fingerprint density at radius 1 is 1.39 bits per heavy atom. The van der Waals surface area contributed by atoms with Gasteiger partial charge in [-0.25, -0.2) is 4.98 Å². The van der Waals surface area contributed by atoms with Crippen LogP contribution in [0.15, 0.2) is 35.8 Å². The average molecular weight is 258 g/mol. The fourth-order valence-electron chi connectivity index (χ4n) is 1.86. The molecule has 0 radical (unpaired) electrons. The van der Waals surface area contributed by atoms with E-state index in [1.54, 1.807) is 11.6 Å². The number of para-hydroxylation sites is 1. The molecular weight excluding hydrogens is 248 g/mol. The standard InChI is InChI=1S/C13H10N2O2S/c16-6-8-7-18-13(15-8)12(17)10-5-14-11-4-2-1-3-9(10)11/h1-5,7,14,16H,6H2. The number of carbonyl (C=O) groups excluding carboxylic acids is 1. The summed E-state index contributed by atoms with van der Waals surface area (Å²) in [5, 5.41) is 12.0. The predicted molar refractivity (Wildman–Crippen MR) is 69.8 cm³/mol. The van der Waals surface area contributed by atoms with Crippen molar-refractivity contribution in [2.75, 3.05) is 0 Å². The van der Waals surface area contributed by atoms with Gasteiger partial charge in [0.25, 0.3) is 0 Å². The molecular formula is C13H10N2O2S. The third-order valence-electron chi connectivity index (χ3n) is 2.74. The highest BCUT2D eigenvalue weighted by molar-refractivity contribution is 7.12. The number of aliphatic hydroxyl groups is 1. The first-order valence-electron chi connectivity index (χ1n) is 5.45. The van der Waals surface area contributed by atoms with Crippen molar-refractivity contribution in [3.05, 3.63) is 52.1 Å². The minimum Gasteiger partial charge on any atom is -0.390 e. The number of H-pyrrole nitrogens is 1. The molecule has 0 fully saturated rings. The van der Waals surface area contributed by atoms with Gasteiger partial charge in [0, 0.05) is 22.5 Å². The summed E-state index contributed by atoms with van der Waals surface area (Å²) in [6.45, 7) is -0.141. The molecule has 0 saturated heterocycles. The molecule has 90 valence electrons. The lowest BCUT2D eigenvalue weighted by Crippen LogP contribution is -2.00. The number of benzene rings is 1. The normalized spacial score (nSPS) is 10.9. The summed E-state index contributed by atoms with van der Waals surface area (Å²) < 4.78 is 0. The molecule has 0 aliphatic rings. The molecule has 0 aliphatic heterocycles. The summed E-state index contributed by atoms with van der Waals surface area (Å²) in [6.07, 6.45) is 1.70. The van der Waals surface area contributed by atoms with E-state index in [0.717, 1.165) is 10.9 Å². The molecule has 3 aromatic rings. The maximum atomic E-state index is 12.3. The molecule has 18 heavy (non-hydrogen) atoms. The van der Waals surface area contributed by atoms with Crippen LogP contribution in [0.25, 0.3) is 10.9 Å². The van der Waals surface area contributed by atoms with Crippen LogP contribution in [0.2, 0.25) is 0 Å². The first-order chi connectivity index (χ1) is 8.79. The number of hydrogen-bond donors (Lipinski definition) is 2. The van der Waals surface area contributed by atoms with Crippen molar-refractivity contribution in [2.45, 2.75) is 6.61 Å². The van der Waals surface area contributed by atoms with Gasteiger partial charge in [0.1, 0.15) is 0 Å². The summed E-state index contributed by atoms with van der Waals surface area (Å²) in [6, 6.07) is 7.64. The van der Waals surface area contributed by atoms with Crippen molar-refractivity contribution in [3.8, 4) is 0 Å². The van der Waals surface area contributed by atoms with E-state index in [9.17, 15) is 4.79 Å². The lowest BCUT2D eigenvalue weighted by molar-refractivity contribution is 0.103. The van der Waals surface area contributed by atoms with E-state index in [2.05, 4.69) is 9.97 Å². The number of thiazole rings is 1. The molecule has 2 aromatic heterocycles. The highest BCUT2D eigenvalue weighted by Gasteiger charge is 2.17. The summed E-state index contributed by atoms with van der Waals surface area (Å²) in [5.41, 5.74) is 2.08. The van der Waals surface area contributed by atoms with Crippen LogP contribution in [-0.2, 0) is 6.61 Å². The number of nitrogens with zero attached hydrogens (tertiary/aromatic N) is 1. The maximum absolute atomic E-state index is 12.3. The molecule has 0 saturated carbocycles. The van der Waals surface area contributed by atoms with Gasteiger partial charge >= 0.3 is 0 Å². The monoisotopic (exact) mass is 258 g/mol. The van der Waals surface area contributed by atoms with Crippen LogP contribution < -0.4 is 0 Å². The Morgan fingerprint density at radius 3 is 3.00 bits per heavy atom. The fraction of sp³-hybridized carbons (Fsp3) is 0.0769. The smallest absolute Gasteiger partial charge is 0.223 e. The molecule has 1 aromatic carbocycles. The molecule has 0 atom stereocenters. The molecule has 0 amide bonds. The van der Waals surface area contributed by atoms with Crippen LogP contribution in [0.3, 0.4) is 0 Å². The Balaban J connectivity index is 2.06. The third kappa shape index (κ3) is 1.73. The Labute approximate surface area is 107 Å². The van der Waals surface area contributed by atoms with Gasteiger partial charge in [-0.05, 0) is 6.07 Å². The van der Waals surface area contributed by atoms with Gasteiger partial charge in [0.15, 0.2) is 5.01 Å². The maximum Gasteiger partial charge on any atom is 0.223 e. The van der Waals surface area contributed by atoms with Crippen molar-refractivity contribution in [1.82, 2.24) is 9.97 Å². The van der Waals surface area contributed by atoms with Gasteiger partial charge in [-0.15, -0.1) is 11.3 Å². The van der Waals surface area contributed by atoms with Crippen LogP contribution in [0, 0.1) is 0 Å². The molecule has 0 bridgehead atoms. The van der Waals surface area contributed by atoms with Crippen molar-refractivity contribution in [1.29, 1.82) is 0 Å². The molecule has 4 nitrogen and oxygen atoms in total. The lowest BCUT2D eigenvalue weighted by Gasteiger charge is -1.94. The number of ketones is 1. The predicted octanol–water partition coefficient (Wildman–Crippen LogP) is 2.35. The number of rotatable bonds is 3. The molecule has 5 heteroatoms. The zero-order valence-electron chi connectivity index (χ0n) is 9.38. The van der Waals surface area contributed by atoms with Crippen molar-refractivity contribution in [3.63, 3.8) is 0 Å². The fourth-order valence-corrected chi connectivity index (χ4v) is 2.62. The first kappa shape index (κ1) is 11.1. The van der Waals surface area contributed by atoms with Crippen LogP contribution in [-0.4, -0.2) is 20.9 Å². The average Bonchev–Trinajstić information content (AvgIpc) is 3.04. The van der Waals surface area contributed by atoms with Gasteiger partial charge in [-0.2, -0.15) is 0 Å². The van der Waals surface area contributed by atoms with E-state index in [1.165, 1.54) is 11.3 Å². The summed E-state index contributed by atoms with van der Waals surface area (Å²) in [7, 11) is 0. The van der Waals surface area contributed by atoms with E-state index in [-0.39, 0.29) is 12.4 Å². The third-order valence-corrected chi connectivity index (χ3v) is 3.63. The van der Waals surface area contributed by atoms with Crippen LogP contribution in [0.4, 0.5) is 0 Å². The number of hydrogen-bond acceptors (Lipinski definition) is 4. The molecule has 0 unspecified atom stereocenters. The van der Waals surface area contributed by atoms with Crippen molar-refractivity contribution < 1.29 is 9.90 Å². The van der Waals surface area contributed by atoms with Gasteiger partial charge < -0.3 is 10.1 Å². The number of carbonyl (C=O) groups is 1. The number of aromatic amines is 1. The lowest BCUT2D eigenvalue weighted by atomic mass is 10.1. The zero-order chi connectivity index (χ0) is 12.5. The molecule has 2 heterocycles. The van der Waals surface area contributed by atoms with Gasteiger partial charge in [0.2, 0.25) is 5.78 Å². The minimum absolute atomic E-state index is 0.114. The van der Waals surface area contributed by atoms with Crippen LogP contribution in [0.1, 0.15) is 21.1 Å². The minimum atomic E-state index is -0.141. The van der Waals surface area contributed by atoms with Gasteiger partial charge in [-0.3, -0.25) is 4.79 Å². The molecule has 2 N–H and O–H groups in total. The first-order valence-corrected chi connectivity index (χ1v) is 6.33. The van der Waals surface area contributed by atoms with Crippen LogP contribution in [0.5, 0.6) is 0 Å². The summed E-state index contributed by atoms with van der Waals surface area (Å²) >= 11 is 1.25. The van der Waals surface area contributed by atoms with Crippen LogP contribution >= 0.6 is 11.3 Å². The second-order valence-electron chi connectivity index (χ2n) is 3.88. The van der Waals surface area contributed by atoms with Gasteiger partial charge in [-0.1, -0.05) is 18.2 Å². The SMILES string of the molecule is O=C(c1nc(CO)cs1)c1c[nH]c2ccccc12. The zero-order valence-corrected chi connectivity index (χ0v) is 10.2. The second-order valence-corrected chi connectivity index (χ2v) is 4.74. The van der Waals surface area contributed by atoms with Crippen molar-refractivity contribution in [2.24, 2.45) is 0 Å². The number of fused-ring (bicyclic) bond motifs is 1. The Bertz CT molecular complexity index is 714. The quantitative estimate of drug-likeness (QED) is 0.709. The molecule has 3 rings (SSSR count).